The maximum Gasteiger partial charge on any atom is 0.325 e. The zero-order chi connectivity index (χ0) is 14.7. The van der Waals surface area contributed by atoms with Crippen LogP contribution in [-0.2, 0) is 11.3 Å². The van der Waals surface area contributed by atoms with Gasteiger partial charge in [-0.25, -0.2) is 4.68 Å². The molecule has 1 N–H and O–H groups in total. The Hall–Kier alpha value is -1.86. The average Bonchev–Trinajstić information content (AvgIpc) is 3.10. The lowest BCUT2D eigenvalue weighted by molar-refractivity contribution is -0.138. The van der Waals surface area contributed by atoms with Gasteiger partial charge in [0.25, 0.3) is 5.56 Å². The summed E-state index contributed by atoms with van der Waals surface area (Å²) in [4.78, 5) is 24.2. The van der Waals surface area contributed by atoms with Gasteiger partial charge in [-0.2, -0.15) is 5.10 Å². The van der Waals surface area contributed by atoms with Gasteiger partial charge in [-0.1, -0.05) is 11.6 Å². The van der Waals surface area contributed by atoms with Crippen molar-refractivity contribution in [3.8, 4) is 0 Å². The van der Waals surface area contributed by atoms with Crippen molar-refractivity contribution in [3.05, 3.63) is 32.6 Å². The van der Waals surface area contributed by atoms with E-state index < -0.39 is 12.5 Å². The van der Waals surface area contributed by atoms with Crippen LogP contribution >= 0.6 is 22.9 Å². The largest absolute Gasteiger partial charge is 0.480 e. The summed E-state index contributed by atoms with van der Waals surface area (Å²) in [6.45, 7) is -0.422. The lowest BCUT2D eigenvalue weighted by atomic mass is 10.4. The van der Waals surface area contributed by atoms with Crippen LogP contribution in [0.3, 0.4) is 0 Å². The smallest absolute Gasteiger partial charge is 0.325 e. The summed E-state index contributed by atoms with van der Waals surface area (Å²) in [6.07, 6.45) is 2.01. The minimum atomic E-state index is -1.08. The number of carboxylic acid groups (broad SMARTS) is 1. The van der Waals surface area contributed by atoms with E-state index in [1.54, 1.807) is 6.07 Å². The molecule has 1 aliphatic carbocycles. The third kappa shape index (κ3) is 1.96. The second kappa shape index (κ2) is 4.32. The van der Waals surface area contributed by atoms with Gasteiger partial charge in [-0.3, -0.25) is 14.0 Å². The second-order valence-electron chi connectivity index (χ2n) is 5.17. The van der Waals surface area contributed by atoms with Crippen LogP contribution in [-0.4, -0.2) is 25.3 Å². The van der Waals surface area contributed by atoms with Crippen molar-refractivity contribution in [2.75, 3.05) is 0 Å². The number of fused-ring (bicyclic) bond motifs is 3. The predicted octanol–water partition coefficient (Wildman–Crippen LogP) is 2.33. The Bertz CT molecular complexity index is 951. The Balaban J connectivity index is 2.10. The van der Waals surface area contributed by atoms with Gasteiger partial charge < -0.3 is 5.11 Å². The highest BCUT2D eigenvalue weighted by Gasteiger charge is 2.30. The number of rotatable bonds is 3. The molecule has 21 heavy (non-hydrogen) atoms. The fourth-order valence-corrected chi connectivity index (χ4v) is 3.76. The van der Waals surface area contributed by atoms with Gasteiger partial charge in [0.1, 0.15) is 22.7 Å². The number of aliphatic carboxylic acids is 1. The van der Waals surface area contributed by atoms with Crippen LogP contribution in [0, 0.1) is 0 Å². The van der Waals surface area contributed by atoms with E-state index >= 15 is 0 Å². The van der Waals surface area contributed by atoms with Crippen molar-refractivity contribution in [2.45, 2.75) is 25.3 Å². The van der Waals surface area contributed by atoms with E-state index in [1.165, 1.54) is 11.3 Å². The van der Waals surface area contributed by atoms with Gasteiger partial charge in [0, 0.05) is 11.3 Å². The lowest BCUT2D eigenvalue weighted by Gasteiger charge is -2.08. The molecule has 108 valence electrons. The van der Waals surface area contributed by atoms with Crippen molar-refractivity contribution < 1.29 is 9.90 Å². The summed E-state index contributed by atoms with van der Waals surface area (Å²) in [7, 11) is 0. The first-order valence-corrected chi connectivity index (χ1v) is 7.67. The molecule has 0 radical (unpaired) electrons. The van der Waals surface area contributed by atoms with Crippen LogP contribution < -0.4 is 5.56 Å². The molecule has 8 heteroatoms. The second-order valence-corrected chi connectivity index (χ2v) is 6.83. The standard InChI is InChI=1S/C13H10ClN3O3S/c14-9-4-7-3-8-12(20)16(5-10(18)19)15-11(6-1-2-6)17(8)13(7)21-9/h3-4,6H,1-2,5H2,(H,18,19). The summed E-state index contributed by atoms with van der Waals surface area (Å²) in [6, 6.07) is 3.57. The summed E-state index contributed by atoms with van der Waals surface area (Å²) >= 11 is 7.44. The molecule has 1 aliphatic rings. The third-order valence-electron chi connectivity index (χ3n) is 3.58. The fraction of sp³-hybridized carbons (Fsp3) is 0.308. The number of hydrogen-bond donors (Lipinski definition) is 1. The van der Waals surface area contributed by atoms with Crippen LogP contribution in [0.15, 0.2) is 16.9 Å². The van der Waals surface area contributed by atoms with E-state index in [0.29, 0.717) is 9.85 Å². The van der Waals surface area contributed by atoms with Crippen molar-refractivity contribution >= 4 is 44.6 Å². The molecule has 0 aliphatic heterocycles. The maximum atomic E-state index is 12.4. The van der Waals surface area contributed by atoms with Crippen molar-refractivity contribution in [1.82, 2.24) is 14.2 Å². The Morgan fingerprint density at radius 2 is 2.24 bits per heavy atom. The maximum absolute atomic E-state index is 12.4. The number of carbonyl (C=O) groups is 1. The van der Waals surface area contributed by atoms with Gasteiger partial charge in [-0.15, -0.1) is 11.3 Å². The summed E-state index contributed by atoms with van der Waals surface area (Å²) in [5, 5.41) is 14.1. The van der Waals surface area contributed by atoms with E-state index in [4.69, 9.17) is 16.7 Å². The molecule has 3 aromatic rings. The molecule has 3 aromatic heterocycles. The highest BCUT2D eigenvalue weighted by molar-refractivity contribution is 7.22. The molecule has 0 aromatic carbocycles. The molecule has 0 bridgehead atoms. The first-order valence-electron chi connectivity index (χ1n) is 6.48. The molecule has 0 amide bonds. The Morgan fingerprint density at radius 3 is 2.90 bits per heavy atom. The fourth-order valence-electron chi connectivity index (χ4n) is 2.54. The van der Waals surface area contributed by atoms with E-state index in [1.807, 2.05) is 10.5 Å². The monoisotopic (exact) mass is 323 g/mol. The summed E-state index contributed by atoms with van der Waals surface area (Å²) in [5.41, 5.74) is 0.0763. The number of nitrogens with zero attached hydrogens (tertiary/aromatic N) is 3. The van der Waals surface area contributed by atoms with Gasteiger partial charge >= 0.3 is 5.97 Å². The lowest BCUT2D eigenvalue weighted by Crippen LogP contribution is -2.29. The number of carboxylic acids is 1. The summed E-state index contributed by atoms with van der Waals surface area (Å²) < 4.78 is 3.53. The number of halogens is 1. The Morgan fingerprint density at radius 1 is 1.48 bits per heavy atom. The molecule has 0 saturated heterocycles. The normalized spacial score (nSPS) is 15.1. The predicted molar refractivity (Wildman–Crippen MR) is 79.5 cm³/mol. The first kappa shape index (κ1) is 12.8. The average molecular weight is 324 g/mol. The van der Waals surface area contributed by atoms with Crippen LogP contribution in [0.1, 0.15) is 24.6 Å². The molecular weight excluding hydrogens is 314 g/mol. The molecule has 6 nitrogen and oxygen atoms in total. The van der Waals surface area contributed by atoms with Crippen LogP contribution in [0.2, 0.25) is 4.34 Å². The van der Waals surface area contributed by atoms with Gasteiger partial charge in [-0.05, 0) is 25.0 Å². The van der Waals surface area contributed by atoms with E-state index in [0.717, 1.165) is 33.6 Å². The SMILES string of the molecule is O=C(O)Cn1nc(C2CC2)n2c(cc3cc(Cl)sc32)c1=O. The minimum Gasteiger partial charge on any atom is -0.480 e. The quantitative estimate of drug-likeness (QED) is 0.802. The van der Waals surface area contributed by atoms with E-state index in [9.17, 15) is 9.59 Å². The van der Waals surface area contributed by atoms with Gasteiger partial charge in [0.05, 0.1) is 4.34 Å². The summed E-state index contributed by atoms with van der Waals surface area (Å²) in [5.74, 6) is -0.0453. The number of hydrogen-bond acceptors (Lipinski definition) is 4. The molecule has 3 heterocycles. The zero-order valence-corrected chi connectivity index (χ0v) is 12.3. The molecule has 1 fully saturated rings. The Kier molecular flexibility index (Phi) is 2.64. The van der Waals surface area contributed by atoms with E-state index in [2.05, 4.69) is 5.10 Å². The van der Waals surface area contributed by atoms with Gasteiger partial charge in [0.15, 0.2) is 0 Å². The zero-order valence-electron chi connectivity index (χ0n) is 10.7. The molecule has 0 atom stereocenters. The molecular formula is C13H10ClN3O3S. The van der Waals surface area contributed by atoms with Gasteiger partial charge in [0.2, 0.25) is 0 Å². The van der Waals surface area contributed by atoms with Crippen molar-refractivity contribution in [2.24, 2.45) is 0 Å². The minimum absolute atomic E-state index is 0.282. The van der Waals surface area contributed by atoms with Crippen LogP contribution in [0.5, 0.6) is 0 Å². The number of aromatic nitrogens is 3. The van der Waals surface area contributed by atoms with Crippen LogP contribution in [0.25, 0.3) is 15.7 Å². The first-order chi connectivity index (χ1) is 10.0. The van der Waals surface area contributed by atoms with Crippen molar-refractivity contribution in [3.63, 3.8) is 0 Å². The Labute approximate surface area is 127 Å². The van der Waals surface area contributed by atoms with E-state index in [-0.39, 0.29) is 11.5 Å². The molecule has 0 unspecified atom stereocenters. The third-order valence-corrected chi connectivity index (χ3v) is 4.84. The molecule has 4 rings (SSSR count). The highest BCUT2D eigenvalue weighted by Crippen LogP contribution is 2.41. The molecule has 0 spiro atoms. The molecule has 1 saturated carbocycles. The number of thiophene rings is 1. The van der Waals surface area contributed by atoms with Crippen LogP contribution in [0.4, 0.5) is 0 Å². The van der Waals surface area contributed by atoms with Crippen molar-refractivity contribution in [1.29, 1.82) is 0 Å². The highest BCUT2D eigenvalue weighted by atomic mass is 35.5. The topological polar surface area (TPSA) is 76.6 Å².